The lowest BCUT2D eigenvalue weighted by Gasteiger charge is -2.21. The van der Waals surface area contributed by atoms with E-state index in [9.17, 15) is 19.2 Å². The van der Waals surface area contributed by atoms with Gasteiger partial charge in [-0.1, -0.05) is 20.8 Å². The van der Waals surface area contributed by atoms with Gasteiger partial charge in [0.05, 0.1) is 24.9 Å². The van der Waals surface area contributed by atoms with Crippen molar-refractivity contribution in [2.45, 2.75) is 45.7 Å². The van der Waals surface area contributed by atoms with Crippen LogP contribution in [0.1, 0.15) is 33.6 Å². The highest BCUT2D eigenvalue weighted by molar-refractivity contribution is 5.95. The standard InChI is InChI=1S/C13H22N2O6/c1-4-14-9(6-11(18)19)13(21)15-8(5-10(16)17)12(20)7(2)3/h7-9,14H,4-6H2,1-3H3,(H,15,21)(H,16,17)(H,18,19). The Bertz CT molecular complexity index is 407. The van der Waals surface area contributed by atoms with Gasteiger partial charge in [-0.3, -0.25) is 19.2 Å². The van der Waals surface area contributed by atoms with Crippen molar-refractivity contribution in [1.82, 2.24) is 10.6 Å². The number of carboxylic acids is 2. The molecule has 120 valence electrons. The molecule has 0 aromatic rings. The second kappa shape index (κ2) is 9.06. The van der Waals surface area contributed by atoms with E-state index < -0.39 is 54.5 Å². The average Bonchev–Trinajstić information content (AvgIpc) is 2.35. The van der Waals surface area contributed by atoms with E-state index in [-0.39, 0.29) is 0 Å². The number of nitrogens with one attached hydrogen (secondary N) is 2. The zero-order valence-electron chi connectivity index (χ0n) is 12.4. The third kappa shape index (κ3) is 7.40. The first-order chi connectivity index (χ1) is 9.68. The van der Waals surface area contributed by atoms with E-state index in [0.29, 0.717) is 6.54 Å². The Morgan fingerprint density at radius 2 is 1.43 bits per heavy atom. The molecule has 0 radical (unpaired) electrons. The van der Waals surface area contributed by atoms with E-state index in [0.717, 1.165) is 0 Å². The minimum absolute atomic E-state index is 0.368. The summed E-state index contributed by atoms with van der Waals surface area (Å²) in [5, 5.41) is 22.6. The van der Waals surface area contributed by atoms with E-state index >= 15 is 0 Å². The topological polar surface area (TPSA) is 133 Å². The molecule has 0 heterocycles. The summed E-state index contributed by atoms with van der Waals surface area (Å²) >= 11 is 0. The molecule has 0 aromatic carbocycles. The number of amides is 1. The maximum atomic E-state index is 12.0. The molecule has 0 rings (SSSR count). The molecule has 0 aromatic heterocycles. The van der Waals surface area contributed by atoms with E-state index in [1.165, 1.54) is 0 Å². The van der Waals surface area contributed by atoms with Crippen molar-refractivity contribution in [3.05, 3.63) is 0 Å². The summed E-state index contributed by atoms with van der Waals surface area (Å²) in [6.45, 7) is 5.27. The number of carbonyl (C=O) groups excluding carboxylic acids is 2. The van der Waals surface area contributed by atoms with Gasteiger partial charge in [0.2, 0.25) is 5.91 Å². The van der Waals surface area contributed by atoms with Crippen LogP contribution in [0.3, 0.4) is 0 Å². The summed E-state index contributed by atoms with van der Waals surface area (Å²) in [5.74, 6) is -3.92. The normalized spacial score (nSPS) is 13.5. The first kappa shape index (κ1) is 19.0. The van der Waals surface area contributed by atoms with Crippen molar-refractivity contribution in [3.63, 3.8) is 0 Å². The molecule has 8 heteroatoms. The van der Waals surface area contributed by atoms with Gasteiger partial charge >= 0.3 is 11.9 Å². The minimum atomic E-state index is -1.22. The van der Waals surface area contributed by atoms with Crippen LogP contribution in [-0.2, 0) is 19.2 Å². The second-order valence-electron chi connectivity index (χ2n) is 4.92. The average molecular weight is 302 g/mol. The van der Waals surface area contributed by atoms with Gasteiger partial charge in [-0.15, -0.1) is 0 Å². The summed E-state index contributed by atoms with van der Waals surface area (Å²) in [7, 11) is 0. The van der Waals surface area contributed by atoms with Crippen LogP contribution in [0.25, 0.3) is 0 Å². The van der Waals surface area contributed by atoms with Crippen molar-refractivity contribution in [2.75, 3.05) is 6.54 Å². The highest BCUT2D eigenvalue weighted by Gasteiger charge is 2.29. The smallest absolute Gasteiger partial charge is 0.305 e. The molecular formula is C13H22N2O6. The Kier molecular flexibility index (Phi) is 8.22. The molecule has 0 aliphatic carbocycles. The van der Waals surface area contributed by atoms with Gasteiger partial charge in [0.1, 0.15) is 0 Å². The molecule has 0 saturated carbocycles. The van der Waals surface area contributed by atoms with Crippen molar-refractivity contribution in [2.24, 2.45) is 5.92 Å². The third-order valence-electron chi connectivity index (χ3n) is 2.75. The van der Waals surface area contributed by atoms with Gasteiger partial charge in [0.15, 0.2) is 5.78 Å². The van der Waals surface area contributed by atoms with Crippen molar-refractivity contribution < 1.29 is 29.4 Å². The number of carboxylic acid groups (broad SMARTS) is 2. The third-order valence-corrected chi connectivity index (χ3v) is 2.75. The number of carbonyl (C=O) groups is 4. The highest BCUT2D eigenvalue weighted by Crippen LogP contribution is 2.05. The van der Waals surface area contributed by atoms with Crippen LogP contribution >= 0.6 is 0 Å². The molecule has 0 spiro atoms. The van der Waals surface area contributed by atoms with E-state index in [1.54, 1.807) is 20.8 Å². The Balaban J connectivity index is 4.94. The predicted octanol–water partition coefficient (Wildman–Crippen LogP) is -0.376. The lowest BCUT2D eigenvalue weighted by Crippen LogP contribution is -2.52. The lowest BCUT2D eigenvalue weighted by molar-refractivity contribution is -0.142. The Morgan fingerprint density at radius 3 is 1.81 bits per heavy atom. The number of hydrogen-bond donors (Lipinski definition) is 4. The maximum Gasteiger partial charge on any atom is 0.305 e. The van der Waals surface area contributed by atoms with E-state index in [2.05, 4.69) is 10.6 Å². The summed E-state index contributed by atoms with van der Waals surface area (Å²) in [6.07, 6.45) is -0.982. The van der Waals surface area contributed by atoms with E-state index in [1.807, 2.05) is 0 Å². The predicted molar refractivity (Wildman–Crippen MR) is 73.7 cm³/mol. The Labute approximate surface area is 122 Å². The molecule has 1 amide bonds. The number of ketones is 1. The number of hydrogen-bond acceptors (Lipinski definition) is 5. The van der Waals surface area contributed by atoms with E-state index in [4.69, 9.17) is 10.2 Å². The number of rotatable bonds is 10. The Hall–Kier alpha value is -1.96. The highest BCUT2D eigenvalue weighted by atomic mass is 16.4. The summed E-state index contributed by atoms with van der Waals surface area (Å²) in [4.78, 5) is 45.4. The van der Waals surface area contributed by atoms with Gasteiger partial charge in [0, 0.05) is 5.92 Å². The van der Waals surface area contributed by atoms with Crippen LogP contribution < -0.4 is 10.6 Å². The van der Waals surface area contributed by atoms with Crippen LogP contribution in [0.4, 0.5) is 0 Å². The molecule has 2 unspecified atom stereocenters. The van der Waals surface area contributed by atoms with Crippen LogP contribution in [0.2, 0.25) is 0 Å². The monoisotopic (exact) mass is 302 g/mol. The first-order valence-corrected chi connectivity index (χ1v) is 6.70. The molecule has 0 aliphatic heterocycles. The molecule has 21 heavy (non-hydrogen) atoms. The molecule has 0 saturated heterocycles. The van der Waals surface area contributed by atoms with Crippen LogP contribution in [0.15, 0.2) is 0 Å². The summed E-state index contributed by atoms with van der Waals surface area (Å²) in [5.41, 5.74) is 0. The van der Waals surface area contributed by atoms with Gasteiger partial charge in [-0.05, 0) is 6.54 Å². The Morgan fingerprint density at radius 1 is 0.952 bits per heavy atom. The van der Waals surface area contributed by atoms with Gasteiger partial charge in [-0.25, -0.2) is 0 Å². The maximum absolute atomic E-state index is 12.0. The van der Waals surface area contributed by atoms with Crippen LogP contribution in [0.5, 0.6) is 0 Å². The van der Waals surface area contributed by atoms with Crippen LogP contribution in [-0.4, -0.2) is 52.5 Å². The second-order valence-corrected chi connectivity index (χ2v) is 4.92. The largest absolute Gasteiger partial charge is 0.481 e. The molecule has 4 N–H and O–H groups in total. The fourth-order valence-electron chi connectivity index (χ4n) is 1.75. The van der Waals surface area contributed by atoms with Crippen molar-refractivity contribution >= 4 is 23.6 Å². The molecule has 0 aliphatic rings. The quantitative estimate of drug-likeness (QED) is 0.432. The molecular weight excluding hydrogens is 280 g/mol. The van der Waals surface area contributed by atoms with Gasteiger partial charge < -0.3 is 20.8 Å². The fraction of sp³-hybridized carbons (Fsp3) is 0.692. The van der Waals surface area contributed by atoms with Crippen molar-refractivity contribution in [1.29, 1.82) is 0 Å². The summed E-state index contributed by atoms with van der Waals surface area (Å²) < 4.78 is 0. The fourth-order valence-corrected chi connectivity index (χ4v) is 1.75. The lowest BCUT2D eigenvalue weighted by atomic mass is 9.98. The van der Waals surface area contributed by atoms with Crippen LogP contribution in [0, 0.1) is 5.92 Å². The molecule has 0 fully saturated rings. The molecule has 0 bridgehead atoms. The number of likely N-dealkylation sites (N-methyl/N-ethyl adjacent to an activating group) is 1. The first-order valence-electron chi connectivity index (χ1n) is 6.70. The molecule has 8 nitrogen and oxygen atoms in total. The van der Waals surface area contributed by atoms with Crippen molar-refractivity contribution in [3.8, 4) is 0 Å². The zero-order chi connectivity index (χ0) is 16.6. The van der Waals surface area contributed by atoms with Gasteiger partial charge in [0.25, 0.3) is 0 Å². The minimum Gasteiger partial charge on any atom is -0.481 e. The zero-order valence-corrected chi connectivity index (χ0v) is 12.4. The van der Waals surface area contributed by atoms with Gasteiger partial charge in [-0.2, -0.15) is 0 Å². The number of aliphatic carboxylic acids is 2. The number of Topliss-reactive ketones (excluding diaryl/α,β-unsaturated/α-hetero) is 1. The SMILES string of the molecule is CCNC(CC(=O)O)C(=O)NC(CC(=O)O)C(=O)C(C)C. The summed E-state index contributed by atoms with van der Waals surface area (Å²) in [6, 6.07) is -2.17. The molecule has 2 atom stereocenters.